The number of benzene rings is 1. The fourth-order valence-corrected chi connectivity index (χ4v) is 4.08. The summed E-state index contributed by atoms with van der Waals surface area (Å²) >= 11 is 13.8. The van der Waals surface area contributed by atoms with Gasteiger partial charge in [-0.05, 0) is 29.4 Å². The third-order valence-corrected chi connectivity index (χ3v) is 6.26. The summed E-state index contributed by atoms with van der Waals surface area (Å²) in [5.74, 6) is 0.136. The number of aliphatic hydroxyl groups is 1. The Bertz CT molecular complexity index is 668. The van der Waals surface area contributed by atoms with E-state index in [-0.39, 0.29) is 30.5 Å². The van der Waals surface area contributed by atoms with E-state index >= 15 is 0 Å². The Hall–Kier alpha value is -0.660. The molecule has 1 aromatic carbocycles. The first-order valence-electron chi connectivity index (χ1n) is 8.80. The van der Waals surface area contributed by atoms with E-state index in [9.17, 15) is 15.0 Å². The minimum Gasteiger partial charge on any atom is -0.465 e. The van der Waals surface area contributed by atoms with Gasteiger partial charge in [0.2, 0.25) is 0 Å². The minimum atomic E-state index is -1.00. The van der Waals surface area contributed by atoms with Crippen LogP contribution in [0.4, 0.5) is 4.79 Å². The summed E-state index contributed by atoms with van der Waals surface area (Å²) in [5, 5.41) is 21.3. The molecule has 1 fully saturated rings. The zero-order chi connectivity index (χ0) is 20.4. The average molecular weight is 436 g/mol. The number of halogens is 2. The third kappa shape index (κ3) is 5.67. The van der Waals surface area contributed by atoms with Crippen molar-refractivity contribution >= 4 is 41.1 Å². The molecule has 1 aliphatic rings. The summed E-state index contributed by atoms with van der Waals surface area (Å²) in [7, 11) is 0. The van der Waals surface area contributed by atoms with Crippen LogP contribution in [0.3, 0.4) is 0 Å². The van der Waals surface area contributed by atoms with E-state index in [1.165, 1.54) is 16.7 Å². The van der Waals surface area contributed by atoms with Gasteiger partial charge in [0.25, 0.3) is 0 Å². The molecule has 27 heavy (non-hydrogen) atoms. The Morgan fingerprint density at radius 2 is 2.00 bits per heavy atom. The van der Waals surface area contributed by atoms with Crippen molar-refractivity contribution in [3.05, 3.63) is 33.8 Å². The van der Waals surface area contributed by atoms with E-state index in [2.05, 4.69) is 0 Å². The zero-order valence-electron chi connectivity index (χ0n) is 16.0. The highest BCUT2D eigenvalue weighted by Crippen LogP contribution is 2.37. The molecule has 5 nitrogen and oxygen atoms in total. The summed E-state index contributed by atoms with van der Waals surface area (Å²) in [6.45, 7) is 6.49. The molecule has 0 saturated carbocycles. The third-order valence-electron chi connectivity index (χ3n) is 4.85. The van der Waals surface area contributed by atoms with Crippen molar-refractivity contribution in [3.63, 3.8) is 0 Å². The second-order valence-corrected chi connectivity index (χ2v) is 9.67. The molecule has 1 saturated heterocycles. The summed E-state index contributed by atoms with van der Waals surface area (Å²) in [6, 6.07) is 5.24. The van der Waals surface area contributed by atoms with Crippen LogP contribution in [0.15, 0.2) is 18.2 Å². The Balaban J connectivity index is 2.49. The van der Waals surface area contributed by atoms with Gasteiger partial charge in [-0.1, -0.05) is 50.0 Å². The van der Waals surface area contributed by atoms with Gasteiger partial charge in [-0.25, -0.2) is 4.79 Å². The van der Waals surface area contributed by atoms with Crippen LogP contribution in [0.25, 0.3) is 0 Å². The largest absolute Gasteiger partial charge is 0.465 e. The van der Waals surface area contributed by atoms with Crippen molar-refractivity contribution in [2.45, 2.75) is 45.0 Å². The fourth-order valence-electron chi connectivity index (χ4n) is 3.24. The van der Waals surface area contributed by atoms with Gasteiger partial charge in [0, 0.05) is 18.2 Å². The summed E-state index contributed by atoms with van der Waals surface area (Å²) in [4.78, 5) is 13.2. The topological polar surface area (TPSA) is 70.0 Å². The molecule has 152 valence electrons. The van der Waals surface area contributed by atoms with Gasteiger partial charge in [-0.2, -0.15) is 11.8 Å². The first-order chi connectivity index (χ1) is 12.5. The summed E-state index contributed by atoms with van der Waals surface area (Å²) in [5.41, 5.74) is 0.521. The van der Waals surface area contributed by atoms with Crippen LogP contribution < -0.4 is 0 Å². The molecule has 1 aromatic rings. The minimum absolute atomic E-state index is 0.218. The van der Waals surface area contributed by atoms with Gasteiger partial charge >= 0.3 is 6.09 Å². The predicted molar refractivity (Wildman–Crippen MR) is 111 cm³/mol. The van der Waals surface area contributed by atoms with E-state index in [0.717, 1.165) is 5.56 Å². The smallest absolute Gasteiger partial charge is 0.407 e. The second-order valence-electron chi connectivity index (χ2n) is 7.95. The standard InChI is InChI=1S/C19H27Cl2NO4S/c1-19(2,3)16-9-22(18(24)25)8-12(17(26-16)15(23)10-27-4)11-5-6-13(20)14(21)7-11/h5-7,12,15-17,23H,8-10H2,1-4H3,(H,24,25). The number of rotatable bonds is 4. The number of nitrogens with zero attached hydrogens (tertiary/aromatic N) is 1. The molecule has 4 unspecified atom stereocenters. The number of thioether (sulfide) groups is 1. The molecule has 8 heteroatoms. The van der Waals surface area contributed by atoms with Gasteiger partial charge in [-0.3, -0.25) is 0 Å². The number of hydrogen-bond acceptors (Lipinski definition) is 4. The zero-order valence-corrected chi connectivity index (χ0v) is 18.3. The molecule has 2 rings (SSSR count). The van der Waals surface area contributed by atoms with Crippen molar-refractivity contribution < 1.29 is 19.7 Å². The van der Waals surface area contributed by atoms with Gasteiger partial charge in [0.05, 0.1) is 34.9 Å². The second kappa shape index (κ2) is 9.23. The molecule has 0 radical (unpaired) electrons. The van der Waals surface area contributed by atoms with Gasteiger partial charge in [0.15, 0.2) is 0 Å². The molecule has 0 aromatic heterocycles. The van der Waals surface area contributed by atoms with Crippen LogP contribution in [0, 0.1) is 5.41 Å². The van der Waals surface area contributed by atoms with Crippen molar-refractivity contribution in [2.24, 2.45) is 5.41 Å². The number of amides is 1. The highest BCUT2D eigenvalue weighted by molar-refractivity contribution is 7.98. The maximum Gasteiger partial charge on any atom is 0.407 e. The van der Waals surface area contributed by atoms with Gasteiger partial charge in [-0.15, -0.1) is 0 Å². The van der Waals surface area contributed by atoms with E-state index in [0.29, 0.717) is 15.8 Å². The Morgan fingerprint density at radius 1 is 1.33 bits per heavy atom. The molecule has 2 N–H and O–H groups in total. The number of carboxylic acid groups (broad SMARTS) is 1. The van der Waals surface area contributed by atoms with Crippen molar-refractivity contribution in [1.82, 2.24) is 4.90 Å². The molecular formula is C19H27Cl2NO4S. The summed E-state index contributed by atoms with van der Waals surface area (Å²) < 4.78 is 6.36. The lowest BCUT2D eigenvalue weighted by Gasteiger charge is -2.35. The van der Waals surface area contributed by atoms with Gasteiger partial charge in [0.1, 0.15) is 0 Å². The quantitative estimate of drug-likeness (QED) is 0.722. The lowest BCUT2D eigenvalue weighted by molar-refractivity contribution is -0.105. The predicted octanol–water partition coefficient (Wildman–Crippen LogP) is 4.59. The molecule has 1 amide bonds. The molecule has 0 bridgehead atoms. The summed E-state index contributed by atoms with van der Waals surface area (Å²) in [6.07, 6.45) is -0.721. The van der Waals surface area contributed by atoms with Crippen LogP contribution in [-0.4, -0.2) is 64.6 Å². The van der Waals surface area contributed by atoms with E-state index in [1.54, 1.807) is 12.1 Å². The van der Waals surface area contributed by atoms with Crippen molar-refractivity contribution in [3.8, 4) is 0 Å². The van der Waals surface area contributed by atoms with Crippen molar-refractivity contribution in [2.75, 3.05) is 25.1 Å². The highest BCUT2D eigenvalue weighted by Gasteiger charge is 2.42. The molecule has 0 spiro atoms. The Morgan fingerprint density at radius 3 is 2.52 bits per heavy atom. The first kappa shape index (κ1) is 22.6. The lowest BCUT2D eigenvalue weighted by atomic mass is 9.88. The molecule has 4 atom stereocenters. The average Bonchev–Trinajstić information content (AvgIpc) is 2.78. The first-order valence-corrected chi connectivity index (χ1v) is 10.9. The number of hydrogen-bond donors (Lipinski definition) is 2. The van der Waals surface area contributed by atoms with Crippen LogP contribution in [0.1, 0.15) is 32.3 Å². The van der Waals surface area contributed by atoms with Crippen LogP contribution in [0.5, 0.6) is 0 Å². The molecular weight excluding hydrogens is 409 g/mol. The van der Waals surface area contributed by atoms with E-state index in [1.807, 2.05) is 33.1 Å². The van der Waals surface area contributed by atoms with Gasteiger partial charge < -0.3 is 19.8 Å². The number of aliphatic hydroxyl groups excluding tert-OH is 1. The maximum absolute atomic E-state index is 11.8. The maximum atomic E-state index is 11.8. The normalized spacial score (nSPS) is 25.1. The molecule has 1 heterocycles. The highest BCUT2D eigenvalue weighted by atomic mass is 35.5. The Kier molecular flexibility index (Phi) is 7.73. The van der Waals surface area contributed by atoms with E-state index in [4.69, 9.17) is 27.9 Å². The van der Waals surface area contributed by atoms with Crippen molar-refractivity contribution in [1.29, 1.82) is 0 Å². The number of ether oxygens (including phenoxy) is 1. The Labute approximate surface area is 175 Å². The SMILES string of the molecule is CSCC(O)C1OC(C(C)(C)C)CN(C(=O)O)CC1c1ccc(Cl)c(Cl)c1. The fraction of sp³-hybridized carbons (Fsp3) is 0.632. The lowest BCUT2D eigenvalue weighted by Crippen LogP contribution is -2.43. The van der Waals surface area contributed by atoms with Crippen LogP contribution in [0.2, 0.25) is 10.0 Å². The van der Waals surface area contributed by atoms with Crippen LogP contribution >= 0.6 is 35.0 Å². The van der Waals surface area contributed by atoms with Crippen LogP contribution in [-0.2, 0) is 4.74 Å². The molecule has 0 aliphatic carbocycles. The molecule has 1 aliphatic heterocycles. The number of carbonyl (C=O) groups is 1. The van der Waals surface area contributed by atoms with E-state index < -0.39 is 18.3 Å². The monoisotopic (exact) mass is 435 g/mol.